The van der Waals surface area contributed by atoms with Gasteiger partial charge < -0.3 is 10.4 Å². The van der Waals surface area contributed by atoms with Crippen molar-refractivity contribution in [2.24, 2.45) is 0 Å². The molecule has 2 nitrogen and oxygen atoms in total. The Morgan fingerprint density at radius 1 is 0.880 bits per heavy atom. The standard InChI is InChI=1S/C20H19NOP.ClH.Ti/c1-15-8-7-13-19(20(15)22)23-18-12-6-5-9-16(18)14-21-17-10-3-2-4-11-17;;/h2-13,22-23H,14H2,1H3;1H;/q-1;;+2/p-1. The Labute approximate surface area is 166 Å². The van der Waals surface area contributed by atoms with Gasteiger partial charge in [-0.3, -0.25) is 0 Å². The zero-order chi connectivity index (χ0) is 18.1. The van der Waals surface area contributed by atoms with E-state index in [9.17, 15) is 5.11 Å². The van der Waals surface area contributed by atoms with E-state index in [1.807, 2.05) is 67.6 Å². The average molecular weight is 404 g/mol. The van der Waals surface area contributed by atoms with Crippen LogP contribution in [0.3, 0.4) is 0 Å². The molecule has 0 saturated carbocycles. The van der Waals surface area contributed by atoms with Gasteiger partial charge in [-0.05, 0) is 17.8 Å². The molecule has 0 spiro atoms. The van der Waals surface area contributed by atoms with Crippen molar-refractivity contribution in [3.63, 3.8) is 0 Å². The number of hydrogen-bond donors (Lipinski definition) is 1. The first-order chi connectivity index (χ1) is 12.2. The fraction of sp³-hybridized carbons (Fsp3) is 0.100. The summed E-state index contributed by atoms with van der Waals surface area (Å²) >= 11 is 1.47. The van der Waals surface area contributed by atoms with Crippen LogP contribution < -0.4 is 10.6 Å². The summed E-state index contributed by atoms with van der Waals surface area (Å²) in [4.78, 5) is 0. The molecular formula is C20H19ClNOPTi. The number of halogens is 1. The molecule has 0 radical (unpaired) electrons. The molecule has 0 bridgehead atoms. The van der Waals surface area contributed by atoms with Crippen molar-refractivity contribution in [1.82, 2.24) is 0 Å². The fourth-order valence-corrected chi connectivity index (χ4v) is 3.68. The van der Waals surface area contributed by atoms with Gasteiger partial charge in [-0.15, -0.1) is 12.2 Å². The maximum absolute atomic E-state index is 10.2. The van der Waals surface area contributed by atoms with Gasteiger partial charge in [0, 0.05) is 5.30 Å². The molecule has 0 aliphatic rings. The minimum absolute atomic E-state index is 0.403. The molecule has 3 aromatic rings. The Bertz CT molecular complexity index is 799. The van der Waals surface area contributed by atoms with Crippen LogP contribution in [0.5, 0.6) is 5.75 Å². The Morgan fingerprint density at radius 2 is 1.52 bits per heavy atom. The van der Waals surface area contributed by atoms with Crippen LogP contribution in [-0.2, 0) is 25.9 Å². The molecule has 0 aromatic heterocycles. The SMILES string of the molecule is Cc1cccc(Pc2ccccc2C[N-]c2ccccc2)c1O.[Cl][Ti+]. The Morgan fingerprint density at radius 3 is 2.28 bits per heavy atom. The number of phenols is 1. The van der Waals surface area contributed by atoms with Gasteiger partial charge in [0.1, 0.15) is 5.75 Å². The third-order valence-corrected chi connectivity index (χ3v) is 5.14. The molecular weight excluding hydrogens is 385 g/mol. The third-order valence-electron chi connectivity index (χ3n) is 3.71. The molecule has 1 atom stereocenters. The molecule has 0 fully saturated rings. The van der Waals surface area contributed by atoms with E-state index in [2.05, 4.69) is 26.8 Å². The van der Waals surface area contributed by atoms with Gasteiger partial charge in [-0.1, -0.05) is 86.9 Å². The number of aromatic hydroxyl groups is 1. The monoisotopic (exact) mass is 403 g/mol. The molecule has 0 saturated heterocycles. The number of para-hydroxylation sites is 2. The average Bonchev–Trinajstić information content (AvgIpc) is 2.67. The number of hydrogen-bond acceptors (Lipinski definition) is 1. The first-order valence-electron chi connectivity index (χ1n) is 7.79. The van der Waals surface area contributed by atoms with Crippen molar-refractivity contribution in [2.45, 2.75) is 13.5 Å². The van der Waals surface area contributed by atoms with E-state index >= 15 is 0 Å². The van der Waals surface area contributed by atoms with Crippen molar-refractivity contribution in [1.29, 1.82) is 0 Å². The normalized spacial score (nSPS) is 10.3. The number of aryl methyl sites for hydroxylation is 1. The van der Waals surface area contributed by atoms with Crippen molar-refractivity contribution in [2.75, 3.05) is 0 Å². The number of rotatable bonds is 5. The van der Waals surface area contributed by atoms with Gasteiger partial charge in [0.25, 0.3) is 0 Å². The van der Waals surface area contributed by atoms with Crippen LogP contribution in [0.4, 0.5) is 5.69 Å². The van der Waals surface area contributed by atoms with E-state index in [4.69, 9.17) is 0 Å². The molecule has 0 aliphatic heterocycles. The van der Waals surface area contributed by atoms with Crippen LogP contribution in [-0.4, -0.2) is 5.11 Å². The van der Waals surface area contributed by atoms with E-state index < -0.39 is 0 Å². The second kappa shape index (κ2) is 10.6. The molecule has 0 heterocycles. The van der Waals surface area contributed by atoms with Gasteiger partial charge in [-0.25, -0.2) is 0 Å². The van der Waals surface area contributed by atoms with Crippen LogP contribution in [0.2, 0.25) is 0 Å². The van der Waals surface area contributed by atoms with Crippen LogP contribution in [0.15, 0.2) is 72.8 Å². The van der Waals surface area contributed by atoms with Crippen molar-refractivity contribution in [3.8, 4) is 5.75 Å². The molecule has 0 aliphatic carbocycles. The fourth-order valence-electron chi connectivity index (χ4n) is 2.39. The number of phenolic OH excluding ortho intramolecular Hbond substituents is 1. The summed E-state index contributed by atoms with van der Waals surface area (Å²) in [6.45, 7) is 2.58. The molecule has 0 amide bonds. The topological polar surface area (TPSA) is 34.3 Å². The molecule has 5 heteroatoms. The van der Waals surface area contributed by atoms with E-state index in [0.717, 1.165) is 16.6 Å². The summed E-state index contributed by atoms with van der Waals surface area (Å²) in [5.74, 6) is 0.403. The minimum atomic E-state index is 0.403. The van der Waals surface area contributed by atoms with E-state index in [1.165, 1.54) is 30.2 Å². The van der Waals surface area contributed by atoms with Gasteiger partial charge in [0.2, 0.25) is 0 Å². The summed E-state index contributed by atoms with van der Waals surface area (Å²) in [6, 6.07) is 24.2. The molecule has 3 rings (SSSR count). The summed E-state index contributed by atoms with van der Waals surface area (Å²) in [6.07, 6.45) is 0. The van der Waals surface area contributed by atoms with Crippen LogP contribution in [0, 0.1) is 6.92 Å². The molecule has 1 unspecified atom stereocenters. The second-order valence-electron chi connectivity index (χ2n) is 5.41. The van der Waals surface area contributed by atoms with Crippen LogP contribution in [0.1, 0.15) is 11.1 Å². The Kier molecular flexibility index (Phi) is 8.51. The summed E-state index contributed by atoms with van der Waals surface area (Å²) in [5.41, 5.74) is 3.11. The molecule has 25 heavy (non-hydrogen) atoms. The van der Waals surface area contributed by atoms with Gasteiger partial charge in [0.05, 0.1) is 0 Å². The Balaban J connectivity index is 0.00000109. The predicted octanol–water partition coefficient (Wildman–Crippen LogP) is 5.22. The van der Waals surface area contributed by atoms with Gasteiger partial charge in [-0.2, -0.15) is 0 Å². The summed E-state index contributed by atoms with van der Waals surface area (Å²) in [5, 5.41) is 17.1. The van der Waals surface area contributed by atoms with Gasteiger partial charge in [0.15, 0.2) is 0 Å². The zero-order valence-corrected chi connectivity index (χ0v) is 17.2. The molecule has 3 aromatic carbocycles. The Hall–Kier alpha value is -1.31. The maximum atomic E-state index is 10.2. The number of nitrogens with zero attached hydrogens (tertiary/aromatic N) is 1. The molecule has 126 valence electrons. The summed E-state index contributed by atoms with van der Waals surface area (Å²) < 4.78 is 0. The second-order valence-corrected chi connectivity index (χ2v) is 6.73. The number of benzene rings is 3. The van der Waals surface area contributed by atoms with Crippen LogP contribution in [0.25, 0.3) is 5.32 Å². The first kappa shape index (κ1) is 20.0. The first-order valence-corrected chi connectivity index (χ1v) is 10.9. The van der Waals surface area contributed by atoms with E-state index in [0.29, 0.717) is 20.9 Å². The van der Waals surface area contributed by atoms with Crippen molar-refractivity contribution in [3.05, 3.63) is 89.2 Å². The summed E-state index contributed by atoms with van der Waals surface area (Å²) in [7, 11) is 5.07. The quantitative estimate of drug-likeness (QED) is 0.460. The zero-order valence-electron chi connectivity index (χ0n) is 13.9. The van der Waals surface area contributed by atoms with E-state index in [-0.39, 0.29) is 0 Å². The predicted molar refractivity (Wildman–Crippen MR) is 106 cm³/mol. The third kappa shape index (κ3) is 5.87. The van der Waals surface area contributed by atoms with Gasteiger partial charge >= 0.3 is 28.7 Å². The van der Waals surface area contributed by atoms with Crippen LogP contribution >= 0.6 is 17.9 Å². The molecule has 1 N–H and O–H groups in total. The van der Waals surface area contributed by atoms with Crippen molar-refractivity contribution < 1.29 is 24.5 Å². The van der Waals surface area contributed by atoms with Crippen molar-refractivity contribution >= 4 is 34.2 Å². The van der Waals surface area contributed by atoms with E-state index in [1.54, 1.807) is 0 Å².